The van der Waals surface area contributed by atoms with Gasteiger partial charge in [-0.3, -0.25) is 0 Å². The molecular weight excluding hydrogens is 615 g/mol. The number of fused-ring (bicyclic) bond motifs is 2. The van der Waals surface area contributed by atoms with Crippen LogP contribution in [0.25, 0.3) is 0 Å². The summed E-state index contributed by atoms with van der Waals surface area (Å²) in [6, 6.07) is 0. The van der Waals surface area contributed by atoms with Gasteiger partial charge in [-0.05, 0) is 136 Å². The van der Waals surface area contributed by atoms with E-state index in [4.69, 9.17) is 0 Å². The summed E-state index contributed by atoms with van der Waals surface area (Å²) in [5.74, 6) is 7.35. The molecule has 4 saturated carbocycles. The highest BCUT2D eigenvalue weighted by Gasteiger charge is 2.58. The van der Waals surface area contributed by atoms with Gasteiger partial charge in [-0.1, -0.05) is 175 Å². The van der Waals surface area contributed by atoms with E-state index in [0.29, 0.717) is 34.5 Å². The van der Waals surface area contributed by atoms with E-state index in [0.717, 1.165) is 29.6 Å². The van der Waals surface area contributed by atoms with Gasteiger partial charge in [-0.15, -0.1) is 6.58 Å². The summed E-state index contributed by atoms with van der Waals surface area (Å²) >= 11 is 0. The molecule has 0 aliphatic heterocycles. The Morgan fingerprint density at radius 1 is 0.863 bits per heavy atom. The first-order valence-electron chi connectivity index (χ1n) is 21.6. The van der Waals surface area contributed by atoms with Crippen molar-refractivity contribution in [1.29, 1.82) is 0 Å². The van der Waals surface area contributed by atoms with Crippen LogP contribution in [0.1, 0.15) is 179 Å². The largest absolute Gasteiger partial charge is 0.405 e. The maximum Gasteiger partial charge on any atom is -0.0136 e. The van der Waals surface area contributed by atoms with E-state index < -0.39 is 0 Å². The molecule has 5 rings (SSSR count). The monoisotopic (exact) mass is 706 g/mol. The number of nitrogens with two attached hydrogens (primary N) is 1. The van der Waals surface area contributed by atoms with E-state index in [-0.39, 0.29) is 0 Å². The van der Waals surface area contributed by atoms with Crippen LogP contribution in [0.15, 0.2) is 74.0 Å². The zero-order chi connectivity index (χ0) is 39.4. The lowest BCUT2D eigenvalue weighted by Crippen LogP contribution is -2.25. The lowest BCUT2D eigenvalue weighted by molar-refractivity contribution is 0.208. The first-order chi connectivity index (χ1) is 24.0. The molecule has 0 heterocycles. The predicted octanol–water partition coefficient (Wildman–Crippen LogP) is 16.1. The van der Waals surface area contributed by atoms with Gasteiger partial charge < -0.3 is 5.73 Å². The van der Waals surface area contributed by atoms with Crippen LogP contribution in [-0.4, -0.2) is 0 Å². The number of rotatable bonds is 10. The Morgan fingerprint density at radius 2 is 1.39 bits per heavy atom. The van der Waals surface area contributed by atoms with Gasteiger partial charge in [0.2, 0.25) is 0 Å². The van der Waals surface area contributed by atoms with E-state index >= 15 is 0 Å². The summed E-state index contributed by atoms with van der Waals surface area (Å²) in [6.45, 7) is 46.5. The summed E-state index contributed by atoms with van der Waals surface area (Å²) < 4.78 is 0. The molecule has 0 aromatic carbocycles. The van der Waals surface area contributed by atoms with Crippen LogP contribution in [0.5, 0.6) is 0 Å². The summed E-state index contributed by atoms with van der Waals surface area (Å²) in [5.41, 5.74) is 9.83. The van der Waals surface area contributed by atoms with Crippen molar-refractivity contribution >= 4 is 0 Å². The van der Waals surface area contributed by atoms with Gasteiger partial charge in [0.1, 0.15) is 0 Å². The minimum Gasteiger partial charge on any atom is -0.405 e. The SMILES string of the molecule is C=C(C)C(C)C.C=C(C)C(C)C12CC=CCC(CC1)C2.C=CC(CC(=C)C(C)C1CCCCC1)C1C(CC)C1(C)C.C=CN.CC.CC1CCC1. The van der Waals surface area contributed by atoms with Crippen molar-refractivity contribution in [3.63, 3.8) is 0 Å². The van der Waals surface area contributed by atoms with E-state index in [9.17, 15) is 0 Å². The average molecular weight is 706 g/mol. The molecule has 0 spiro atoms. The van der Waals surface area contributed by atoms with Crippen LogP contribution in [0.3, 0.4) is 0 Å². The predicted molar refractivity (Wildman–Crippen MR) is 235 cm³/mol. The van der Waals surface area contributed by atoms with Gasteiger partial charge >= 0.3 is 0 Å². The molecule has 2 bridgehead atoms. The van der Waals surface area contributed by atoms with Crippen molar-refractivity contribution in [2.24, 2.45) is 69.8 Å². The van der Waals surface area contributed by atoms with Gasteiger partial charge in [0.15, 0.2) is 0 Å². The molecule has 1 heteroatoms. The molecule has 2 N–H and O–H groups in total. The Morgan fingerprint density at radius 3 is 1.78 bits per heavy atom. The minimum absolute atomic E-state index is 0.516. The van der Waals surface area contributed by atoms with Crippen molar-refractivity contribution in [3.8, 4) is 0 Å². The van der Waals surface area contributed by atoms with Crippen LogP contribution in [0.4, 0.5) is 0 Å². The van der Waals surface area contributed by atoms with Crippen molar-refractivity contribution in [1.82, 2.24) is 0 Å². The Hall–Kier alpha value is -1.76. The van der Waals surface area contributed by atoms with E-state index in [1.807, 2.05) is 20.8 Å². The fourth-order valence-electron chi connectivity index (χ4n) is 9.20. The quantitative estimate of drug-likeness (QED) is 0.225. The highest BCUT2D eigenvalue weighted by Crippen LogP contribution is 2.64. The zero-order valence-corrected chi connectivity index (χ0v) is 36.7. The van der Waals surface area contributed by atoms with Gasteiger partial charge in [0.05, 0.1) is 0 Å². The number of hydrogen-bond donors (Lipinski definition) is 1. The highest BCUT2D eigenvalue weighted by atomic mass is 14.6. The Balaban J connectivity index is 0.000000710. The third kappa shape index (κ3) is 16.4. The molecular formula is C50H91N. The summed E-state index contributed by atoms with van der Waals surface area (Å²) in [5, 5.41) is 0. The summed E-state index contributed by atoms with van der Waals surface area (Å²) in [4.78, 5) is 0. The highest BCUT2D eigenvalue weighted by molar-refractivity contribution is 5.15. The van der Waals surface area contributed by atoms with E-state index in [2.05, 4.69) is 119 Å². The smallest absolute Gasteiger partial charge is 0.0136 e. The van der Waals surface area contributed by atoms with Gasteiger partial charge in [0, 0.05) is 0 Å². The molecule has 0 aromatic rings. The number of allylic oxidation sites excluding steroid dienone is 6. The first kappa shape index (κ1) is 49.2. The fourth-order valence-corrected chi connectivity index (χ4v) is 9.20. The average Bonchev–Trinajstić information content (AvgIpc) is 3.52. The second-order valence-corrected chi connectivity index (χ2v) is 18.0. The molecule has 7 atom stereocenters. The molecule has 0 radical (unpaired) electrons. The summed E-state index contributed by atoms with van der Waals surface area (Å²) in [6.07, 6.45) is 29.3. The molecule has 0 aromatic heterocycles. The van der Waals surface area contributed by atoms with Crippen LogP contribution in [0.2, 0.25) is 0 Å². The summed E-state index contributed by atoms with van der Waals surface area (Å²) in [7, 11) is 0. The molecule has 51 heavy (non-hydrogen) atoms. The van der Waals surface area contributed by atoms with Crippen molar-refractivity contribution in [3.05, 3.63) is 74.0 Å². The van der Waals surface area contributed by atoms with Crippen LogP contribution < -0.4 is 5.73 Å². The second kappa shape index (κ2) is 25.3. The normalized spacial score (nSPS) is 27.4. The van der Waals surface area contributed by atoms with Crippen LogP contribution >= 0.6 is 0 Å². The third-order valence-electron chi connectivity index (χ3n) is 13.8. The fraction of sp³-hybridized carbons (Fsp3) is 0.760. The van der Waals surface area contributed by atoms with E-state index in [1.54, 1.807) is 0 Å². The molecule has 4 fully saturated rings. The number of hydrogen-bond acceptors (Lipinski definition) is 1. The van der Waals surface area contributed by atoms with Crippen molar-refractivity contribution in [2.75, 3.05) is 0 Å². The Labute approximate surface area is 322 Å². The lowest BCUT2D eigenvalue weighted by atomic mass is 9.70. The topological polar surface area (TPSA) is 26.0 Å². The van der Waals surface area contributed by atoms with Crippen LogP contribution in [-0.2, 0) is 0 Å². The maximum atomic E-state index is 4.61. The second-order valence-electron chi connectivity index (χ2n) is 18.0. The zero-order valence-electron chi connectivity index (χ0n) is 36.7. The molecule has 0 amide bonds. The molecule has 5 aliphatic carbocycles. The molecule has 1 nitrogen and oxygen atoms in total. The standard InChI is InChI=1S/C21H36.C14H22.C6H12.C5H10.C2H5N.C2H6/c1-7-17(20-19(8-2)21(20,5)6)14-15(3)16(4)18-12-10-9-11-13-18;1-11(2)12(3)14-8-5-4-6-13(10-14)7-9-14;1-5(2)6(3)4;1-5-3-2-4-5;1-2-3;1-2/h7,16-20H,1,3,8-14H2,2,4-6H3;4-5,12-13H,1,6-10H2,2-3H3;6H,1H2,2-4H3;5H,2-4H2,1H3;2H,1,3H2;1-2H3. The maximum absolute atomic E-state index is 4.61. The minimum atomic E-state index is 0.516. The molecule has 5 aliphatic rings. The van der Waals surface area contributed by atoms with Crippen LogP contribution in [0, 0.1) is 64.1 Å². The molecule has 296 valence electrons. The molecule has 0 saturated heterocycles. The van der Waals surface area contributed by atoms with Crippen molar-refractivity contribution in [2.45, 2.75) is 179 Å². The van der Waals surface area contributed by atoms with Gasteiger partial charge in [0.25, 0.3) is 0 Å². The lowest BCUT2D eigenvalue weighted by Gasteiger charge is -2.35. The van der Waals surface area contributed by atoms with Gasteiger partial charge in [-0.25, -0.2) is 0 Å². The molecule has 7 unspecified atom stereocenters. The first-order valence-corrected chi connectivity index (χ1v) is 21.6. The van der Waals surface area contributed by atoms with Gasteiger partial charge in [-0.2, -0.15) is 0 Å². The third-order valence-corrected chi connectivity index (χ3v) is 13.8. The Bertz CT molecular complexity index is 1030. The Kier molecular flexibility index (Phi) is 24.4. The van der Waals surface area contributed by atoms with E-state index in [1.165, 1.54) is 119 Å². The van der Waals surface area contributed by atoms with Crippen molar-refractivity contribution < 1.29 is 0 Å².